The Hall–Kier alpha value is -3.85. The molecular weight excluding hydrogens is 444 g/mol. The van der Waals surface area contributed by atoms with Gasteiger partial charge >= 0.3 is 5.97 Å². The molecule has 0 fully saturated rings. The predicted octanol–water partition coefficient (Wildman–Crippen LogP) is 3.62. The first-order valence-corrected chi connectivity index (χ1v) is 11.4. The molecule has 8 nitrogen and oxygen atoms in total. The number of ether oxygens (including phenoxy) is 2. The summed E-state index contributed by atoms with van der Waals surface area (Å²) in [5, 5.41) is 2.66. The average molecular weight is 469 g/mol. The maximum Gasteiger partial charge on any atom is 0.337 e. The number of sulfonamides is 1. The molecule has 3 aromatic rings. The van der Waals surface area contributed by atoms with Gasteiger partial charge in [0.1, 0.15) is 12.3 Å². The van der Waals surface area contributed by atoms with Gasteiger partial charge in [0.05, 0.1) is 30.4 Å². The average Bonchev–Trinajstić information content (AvgIpc) is 2.83. The Labute approximate surface area is 192 Å². The molecule has 0 bridgehead atoms. The minimum Gasteiger partial charge on any atom is -0.496 e. The highest BCUT2D eigenvalue weighted by Gasteiger charge is 2.27. The molecule has 0 aliphatic rings. The number of benzene rings is 3. The van der Waals surface area contributed by atoms with Crippen molar-refractivity contribution in [1.82, 2.24) is 0 Å². The van der Waals surface area contributed by atoms with Gasteiger partial charge in [-0.05, 0) is 67.1 Å². The summed E-state index contributed by atoms with van der Waals surface area (Å²) in [4.78, 5) is 24.4. The lowest BCUT2D eigenvalue weighted by Gasteiger charge is -2.24. The fourth-order valence-corrected chi connectivity index (χ4v) is 4.69. The zero-order valence-corrected chi connectivity index (χ0v) is 19.3. The number of methoxy groups -OCH3 is 2. The number of hydrogen-bond donors (Lipinski definition) is 1. The molecule has 3 rings (SSSR count). The summed E-state index contributed by atoms with van der Waals surface area (Å²) in [5.41, 5.74) is 1.75. The predicted molar refractivity (Wildman–Crippen MR) is 125 cm³/mol. The monoisotopic (exact) mass is 468 g/mol. The number of nitrogens with zero attached hydrogens (tertiary/aromatic N) is 1. The summed E-state index contributed by atoms with van der Waals surface area (Å²) in [6, 6.07) is 19.0. The molecule has 0 aliphatic carbocycles. The molecule has 1 N–H and O–H groups in total. The van der Waals surface area contributed by atoms with Crippen LogP contribution in [0.15, 0.2) is 77.7 Å². The van der Waals surface area contributed by atoms with Gasteiger partial charge in [-0.3, -0.25) is 9.10 Å². The van der Waals surface area contributed by atoms with Crippen molar-refractivity contribution in [1.29, 1.82) is 0 Å². The van der Waals surface area contributed by atoms with E-state index in [0.717, 1.165) is 4.31 Å². The quantitative estimate of drug-likeness (QED) is 0.507. The molecular formula is C24H24N2O6S. The zero-order chi connectivity index (χ0) is 24.0. The molecule has 0 aliphatic heterocycles. The maximum absolute atomic E-state index is 13.5. The number of hydrogen-bond acceptors (Lipinski definition) is 6. The van der Waals surface area contributed by atoms with Gasteiger partial charge in [0.15, 0.2) is 0 Å². The number of aryl methyl sites for hydroxylation is 1. The van der Waals surface area contributed by atoms with Crippen LogP contribution in [-0.2, 0) is 19.6 Å². The molecule has 0 heterocycles. The number of carbonyl (C=O) groups is 2. The van der Waals surface area contributed by atoms with Gasteiger partial charge in [-0.15, -0.1) is 0 Å². The molecule has 33 heavy (non-hydrogen) atoms. The Morgan fingerprint density at radius 2 is 1.61 bits per heavy atom. The molecule has 3 aromatic carbocycles. The number of para-hydroxylation sites is 1. The van der Waals surface area contributed by atoms with E-state index in [-0.39, 0.29) is 4.90 Å². The van der Waals surface area contributed by atoms with Crippen molar-refractivity contribution in [2.75, 3.05) is 30.4 Å². The van der Waals surface area contributed by atoms with Crippen molar-refractivity contribution in [3.05, 3.63) is 83.9 Å². The second kappa shape index (κ2) is 10.2. The maximum atomic E-state index is 13.5. The van der Waals surface area contributed by atoms with Gasteiger partial charge in [-0.2, -0.15) is 0 Å². The van der Waals surface area contributed by atoms with E-state index < -0.39 is 28.4 Å². The Morgan fingerprint density at radius 3 is 2.18 bits per heavy atom. The normalized spacial score (nSPS) is 10.9. The van der Waals surface area contributed by atoms with E-state index >= 15 is 0 Å². The van der Waals surface area contributed by atoms with Crippen LogP contribution in [0.5, 0.6) is 5.75 Å². The van der Waals surface area contributed by atoms with Crippen LogP contribution in [0.25, 0.3) is 0 Å². The lowest BCUT2D eigenvalue weighted by atomic mass is 10.2. The third kappa shape index (κ3) is 5.50. The molecule has 0 saturated heterocycles. The molecule has 0 radical (unpaired) electrons. The van der Waals surface area contributed by atoms with Crippen molar-refractivity contribution in [2.24, 2.45) is 0 Å². The van der Waals surface area contributed by atoms with E-state index in [9.17, 15) is 18.0 Å². The van der Waals surface area contributed by atoms with Crippen LogP contribution in [0, 0.1) is 6.92 Å². The minimum absolute atomic E-state index is 0.0416. The van der Waals surface area contributed by atoms with Gasteiger partial charge in [0.2, 0.25) is 5.91 Å². The molecule has 0 spiro atoms. The zero-order valence-electron chi connectivity index (χ0n) is 18.4. The third-order valence-corrected chi connectivity index (χ3v) is 6.65. The first-order valence-electron chi connectivity index (χ1n) is 9.97. The van der Waals surface area contributed by atoms with Crippen molar-refractivity contribution < 1.29 is 27.5 Å². The van der Waals surface area contributed by atoms with E-state index in [1.165, 1.54) is 38.5 Å². The van der Waals surface area contributed by atoms with Crippen LogP contribution in [0.3, 0.4) is 0 Å². The number of esters is 1. The highest BCUT2D eigenvalue weighted by Crippen LogP contribution is 2.27. The number of amides is 1. The van der Waals surface area contributed by atoms with Crippen LogP contribution >= 0.6 is 0 Å². The van der Waals surface area contributed by atoms with E-state index in [1.807, 2.05) is 0 Å². The smallest absolute Gasteiger partial charge is 0.337 e. The first kappa shape index (κ1) is 23.8. The summed E-state index contributed by atoms with van der Waals surface area (Å²) in [7, 11) is -1.27. The Kier molecular flexibility index (Phi) is 7.34. The van der Waals surface area contributed by atoms with Gasteiger partial charge in [0, 0.05) is 5.69 Å². The Morgan fingerprint density at radius 1 is 0.939 bits per heavy atom. The van der Waals surface area contributed by atoms with Gasteiger partial charge in [-0.1, -0.05) is 18.2 Å². The van der Waals surface area contributed by atoms with E-state index in [1.54, 1.807) is 55.5 Å². The Bertz CT molecular complexity index is 1240. The number of rotatable bonds is 8. The number of nitrogens with one attached hydrogen (secondary N) is 1. The van der Waals surface area contributed by atoms with Crippen molar-refractivity contribution >= 4 is 33.3 Å². The summed E-state index contributed by atoms with van der Waals surface area (Å²) in [5.74, 6) is -0.476. The molecule has 9 heteroatoms. The molecule has 1 amide bonds. The summed E-state index contributed by atoms with van der Waals surface area (Å²) in [6.07, 6.45) is 0. The van der Waals surface area contributed by atoms with Crippen LogP contribution in [0.1, 0.15) is 15.9 Å². The van der Waals surface area contributed by atoms with Crippen LogP contribution in [-0.4, -0.2) is 41.1 Å². The molecule has 0 unspecified atom stereocenters. The van der Waals surface area contributed by atoms with Crippen LogP contribution < -0.4 is 14.4 Å². The molecule has 0 atom stereocenters. The Balaban J connectivity index is 1.88. The van der Waals surface area contributed by atoms with E-state index in [4.69, 9.17) is 4.74 Å². The minimum atomic E-state index is -4.05. The summed E-state index contributed by atoms with van der Waals surface area (Å²) < 4.78 is 37.9. The number of anilines is 2. The van der Waals surface area contributed by atoms with Crippen LogP contribution in [0.4, 0.5) is 11.4 Å². The van der Waals surface area contributed by atoms with Gasteiger partial charge < -0.3 is 14.8 Å². The SMILES string of the molecule is COC(=O)c1ccc(NC(=O)CN(c2ccccc2)S(=O)(=O)c2ccc(OC)c(C)c2)cc1. The van der Waals surface area contributed by atoms with Crippen molar-refractivity contribution in [2.45, 2.75) is 11.8 Å². The topological polar surface area (TPSA) is 102 Å². The molecule has 0 saturated carbocycles. The highest BCUT2D eigenvalue weighted by atomic mass is 32.2. The lowest BCUT2D eigenvalue weighted by Crippen LogP contribution is -2.38. The molecule has 0 aromatic heterocycles. The third-order valence-electron chi connectivity index (χ3n) is 4.88. The second-order valence-corrected chi connectivity index (χ2v) is 8.96. The standard InChI is InChI=1S/C24H24N2O6S/c1-17-15-21(13-14-22(17)31-2)33(29,30)26(20-7-5-4-6-8-20)16-23(27)25-19-11-9-18(10-12-19)24(28)32-3/h4-15H,16H2,1-3H3,(H,25,27). The van der Waals surface area contributed by atoms with Crippen molar-refractivity contribution in [3.8, 4) is 5.75 Å². The van der Waals surface area contributed by atoms with Gasteiger partial charge in [0.25, 0.3) is 10.0 Å². The largest absolute Gasteiger partial charge is 0.496 e. The van der Waals surface area contributed by atoms with Crippen molar-refractivity contribution in [3.63, 3.8) is 0 Å². The van der Waals surface area contributed by atoms with Crippen LogP contribution in [0.2, 0.25) is 0 Å². The first-order chi connectivity index (χ1) is 15.8. The summed E-state index contributed by atoms with van der Waals surface area (Å²) >= 11 is 0. The highest BCUT2D eigenvalue weighted by molar-refractivity contribution is 7.92. The van der Waals surface area contributed by atoms with E-state index in [0.29, 0.717) is 28.3 Å². The number of carbonyl (C=O) groups excluding carboxylic acids is 2. The second-order valence-electron chi connectivity index (χ2n) is 7.10. The summed E-state index contributed by atoms with van der Waals surface area (Å²) in [6.45, 7) is 1.30. The molecule has 172 valence electrons. The fraction of sp³-hybridized carbons (Fsp3) is 0.167. The fourth-order valence-electron chi connectivity index (χ4n) is 3.19. The van der Waals surface area contributed by atoms with Gasteiger partial charge in [-0.25, -0.2) is 13.2 Å². The lowest BCUT2D eigenvalue weighted by molar-refractivity contribution is -0.114. The van der Waals surface area contributed by atoms with E-state index in [2.05, 4.69) is 10.1 Å².